The number of nitrogens with zero attached hydrogens (tertiary/aromatic N) is 1. The fourth-order valence-corrected chi connectivity index (χ4v) is 4.80. The van der Waals surface area contributed by atoms with Gasteiger partial charge in [-0.2, -0.15) is 0 Å². The average Bonchev–Trinajstić information content (AvgIpc) is 2.84. The van der Waals surface area contributed by atoms with E-state index in [9.17, 15) is 4.21 Å². The van der Waals surface area contributed by atoms with E-state index in [2.05, 4.69) is 10.3 Å². The number of nitrogens with one attached hydrogen (secondary N) is 1. The zero-order valence-electron chi connectivity index (χ0n) is 10.1. The number of aromatic nitrogens is 1. The van der Waals surface area contributed by atoms with Gasteiger partial charge in [-0.25, -0.2) is 4.98 Å². The first-order valence-electron chi connectivity index (χ1n) is 6.30. The van der Waals surface area contributed by atoms with Crippen molar-refractivity contribution in [3.8, 4) is 0 Å². The van der Waals surface area contributed by atoms with Crippen molar-refractivity contribution >= 4 is 32.4 Å². The van der Waals surface area contributed by atoms with Crippen LogP contribution in [0.1, 0.15) is 19.3 Å². The molecule has 0 amide bonds. The van der Waals surface area contributed by atoms with Crippen LogP contribution in [0, 0.1) is 0 Å². The Bertz CT molecular complexity index is 528. The van der Waals surface area contributed by atoms with Crippen LogP contribution in [0.4, 0.5) is 0 Å². The molecule has 3 nitrogen and oxygen atoms in total. The van der Waals surface area contributed by atoms with E-state index >= 15 is 0 Å². The molecular weight excluding hydrogens is 264 g/mol. The van der Waals surface area contributed by atoms with Gasteiger partial charge in [0.05, 0.1) is 21.0 Å². The minimum atomic E-state index is -0.969. The number of fused-ring (bicyclic) bond motifs is 1. The second-order valence-corrected chi connectivity index (χ2v) is 7.31. The maximum atomic E-state index is 12.3. The van der Waals surface area contributed by atoms with Crippen molar-refractivity contribution in [2.24, 2.45) is 0 Å². The minimum Gasteiger partial charge on any atom is -0.313 e. The van der Waals surface area contributed by atoms with Crippen LogP contribution in [0.2, 0.25) is 0 Å². The maximum Gasteiger partial charge on any atom is 0.181 e. The van der Waals surface area contributed by atoms with E-state index in [1.165, 1.54) is 12.8 Å². The monoisotopic (exact) mass is 280 g/mol. The number of hydrogen-bond acceptors (Lipinski definition) is 4. The van der Waals surface area contributed by atoms with Crippen LogP contribution in [0.25, 0.3) is 10.2 Å². The molecule has 2 atom stereocenters. The van der Waals surface area contributed by atoms with Crippen LogP contribution in [0.15, 0.2) is 28.6 Å². The lowest BCUT2D eigenvalue weighted by atomic mass is 10.1. The summed E-state index contributed by atoms with van der Waals surface area (Å²) in [4.78, 5) is 4.47. The van der Waals surface area contributed by atoms with Crippen LogP contribution in [0.3, 0.4) is 0 Å². The van der Waals surface area contributed by atoms with Crippen LogP contribution in [0.5, 0.6) is 0 Å². The van der Waals surface area contributed by atoms with Gasteiger partial charge < -0.3 is 5.32 Å². The molecule has 0 radical (unpaired) electrons. The highest BCUT2D eigenvalue weighted by Crippen LogP contribution is 2.24. The van der Waals surface area contributed by atoms with Gasteiger partial charge in [-0.05, 0) is 31.5 Å². The van der Waals surface area contributed by atoms with Gasteiger partial charge in [0.1, 0.15) is 0 Å². The summed E-state index contributed by atoms with van der Waals surface area (Å²) in [5, 5.41) is 3.44. The molecule has 2 aromatic rings. The van der Waals surface area contributed by atoms with Gasteiger partial charge in [0, 0.05) is 11.8 Å². The Morgan fingerprint density at radius 2 is 2.28 bits per heavy atom. The number of thiazole rings is 1. The van der Waals surface area contributed by atoms with Gasteiger partial charge in [-0.3, -0.25) is 4.21 Å². The molecule has 5 heteroatoms. The standard InChI is InChI=1S/C13H16N2OS2/c16-18(9-10-5-3-4-8-14-10)13-15-11-6-1-2-7-12(11)17-13/h1-2,6-7,10,14H,3-5,8-9H2/t10-,18-/m0/s1. The van der Waals surface area contributed by atoms with Crippen molar-refractivity contribution in [3.63, 3.8) is 0 Å². The molecule has 2 heterocycles. The molecule has 0 spiro atoms. The Morgan fingerprint density at radius 1 is 1.39 bits per heavy atom. The fraction of sp³-hybridized carbons (Fsp3) is 0.462. The lowest BCUT2D eigenvalue weighted by Gasteiger charge is -2.22. The Balaban J connectivity index is 1.74. The van der Waals surface area contributed by atoms with Gasteiger partial charge in [-0.15, -0.1) is 11.3 Å². The van der Waals surface area contributed by atoms with Gasteiger partial charge >= 0.3 is 0 Å². The van der Waals surface area contributed by atoms with Gasteiger partial charge in [0.2, 0.25) is 0 Å². The van der Waals surface area contributed by atoms with Crippen molar-refractivity contribution in [2.75, 3.05) is 12.3 Å². The van der Waals surface area contributed by atoms with Crippen LogP contribution >= 0.6 is 11.3 Å². The minimum absolute atomic E-state index is 0.395. The molecule has 0 bridgehead atoms. The fourth-order valence-electron chi connectivity index (χ4n) is 2.27. The molecule has 1 aromatic carbocycles. The number of para-hydroxylation sites is 1. The first-order valence-corrected chi connectivity index (χ1v) is 8.44. The number of hydrogen-bond donors (Lipinski definition) is 1. The van der Waals surface area contributed by atoms with E-state index in [0.717, 1.165) is 27.5 Å². The molecular formula is C13H16N2OS2. The van der Waals surface area contributed by atoms with Gasteiger partial charge in [0.25, 0.3) is 0 Å². The van der Waals surface area contributed by atoms with E-state index in [1.54, 1.807) is 11.3 Å². The molecule has 0 aliphatic carbocycles. The van der Waals surface area contributed by atoms with E-state index < -0.39 is 10.8 Å². The topological polar surface area (TPSA) is 42.0 Å². The van der Waals surface area contributed by atoms with Crippen molar-refractivity contribution in [1.29, 1.82) is 0 Å². The highest BCUT2D eigenvalue weighted by atomic mass is 32.2. The molecule has 96 valence electrons. The van der Waals surface area contributed by atoms with E-state index in [1.807, 2.05) is 24.3 Å². The third kappa shape index (κ3) is 2.63. The number of rotatable bonds is 3. The summed E-state index contributed by atoms with van der Waals surface area (Å²) in [5.41, 5.74) is 0.961. The Kier molecular flexibility index (Phi) is 3.72. The predicted molar refractivity (Wildman–Crippen MR) is 76.5 cm³/mol. The largest absolute Gasteiger partial charge is 0.313 e. The molecule has 1 saturated heterocycles. The second-order valence-electron chi connectivity index (χ2n) is 4.61. The highest BCUT2D eigenvalue weighted by Gasteiger charge is 2.18. The van der Waals surface area contributed by atoms with Crippen molar-refractivity contribution < 1.29 is 4.21 Å². The highest BCUT2D eigenvalue weighted by molar-refractivity contribution is 7.87. The van der Waals surface area contributed by atoms with Crippen LogP contribution in [-0.2, 0) is 10.8 Å². The lowest BCUT2D eigenvalue weighted by Crippen LogP contribution is -2.38. The Morgan fingerprint density at radius 3 is 3.06 bits per heavy atom. The second kappa shape index (κ2) is 5.47. The summed E-state index contributed by atoms with van der Waals surface area (Å²) in [6, 6.07) is 8.37. The lowest BCUT2D eigenvalue weighted by molar-refractivity contribution is 0.427. The zero-order valence-corrected chi connectivity index (χ0v) is 11.7. The Labute approximate surface area is 113 Å². The quantitative estimate of drug-likeness (QED) is 0.939. The number of benzene rings is 1. The molecule has 1 N–H and O–H groups in total. The van der Waals surface area contributed by atoms with Crippen LogP contribution < -0.4 is 5.32 Å². The SMILES string of the molecule is O=[S@@](C[C@@H]1CCCCN1)c1nc2ccccc2s1. The molecule has 1 fully saturated rings. The molecule has 1 aliphatic heterocycles. The van der Waals surface area contributed by atoms with Gasteiger partial charge in [0.15, 0.2) is 4.34 Å². The third-order valence-electron chi connectivity index (χ3n) is 3.23. The first-order chi connectivity index (χ1) is 8.83. The van der Waals surface area contributed by atoms with Crippen molar-refractivity contribution in [1.82, 2.24) is 10.3 Å². The smallest absolute Gasteiger partial charge is 0.181 e. The van der Waals surface area contributed by atoms with E-state index in [4.69, 9.17) is 0 Å². The van der Waals surface area contributed by atoms with Crippen molar-refractivity contribution in [2.45, 2.75) is 29.6 Å². The zero-order chi connectivity index (χ0) is 12.4. The summed E-state index contributed by atoms with van der Waals surface area (Å²) in [7, 11) is -0.969. The third-order valence-corrected chi connectivity index (χ3v) is 6.06. The summed E-state index contributed by atoms with van der Waals surface area (Å²) < 4.78 is 14.2. The molecule has 3 rings (SSSR count). The molecule has 0 unspecified atom stereocenters. The average molecular weight is 280 g/mol. The molecule has 0 saturated carbocycles. The molecule has 18 heavy (non-hydrogen) atoms. The summed E-state index contributed by atoms with van der Waals surface area (Å²) >= 11 is 1.55. The van der Waals surface area contributed by atoms with E-state index in [0.29, 0.717) is 11.8 Å². The number of piperidine rings is 1. The van der Waals surface area contributed by atoms with E-state index in [-0.39, 0.29) is 0 Å². The normalized spacial score (nSPS) is 22.1. The van der Waals surface area contributed by atoms with Gasteiger partial charge in [-0.1, -0.05) is 18.6 Å². The molecule has 1 aliphatic rings. The molecule has 1 aromatic heterocycles. The summed E-state index contributed by atoms with van der Waals surface area (Å²) in [6.45, 7) is 1.06. The maximum absolute atomic E-state index is 12.3. The summed E-state index contributed by atoms with van der Waals surface area (Å²) in [5.74, 6) is 0.694. The van der Waals surface area contributed by atoms with Crippen molar-refractivity contribution in [3.05, 3.63) is 24.3 Å². The predicted octanol–water partition coefficient (Wildman–Crippen LogP) is 2.55. The Hall–Kier alpha value is -0.780. The first kappa shape index (κ1) is 12.3. The van der Waals surface area contributed by atoms with Crippen LogP contribution in [-0.4, -0.2) is 27.5 Å². The summed E-state index contributed by atoms with van der Waals surface area (Å²) in [6.07, 6.45) is 3.62.